The van der Waals surface area contributed by atoms with E-state index in [-0.39, 0.29) is 29.6 Å². The molecule has 0 unspecified atom stereocenters. The number of carbonyl (C=O) groups excluding carboxylic acids is 1. The molecule has 0 bridgehead atoms. The molecule has 20 heavy (non-hydrogen) atoms. The zero-order valence-corrected chi connectivity index (χ0v) is 11.5. The minimum Gasteiger partial charge on any atom is -0.352 e. The van der Waals surface area contributed by atoms with Gasteiger partial charge in [-0.1, -0.05) is 19.1 Å². The fourth-order valence-electron chi connectivity index (χ4n) is 1.92. The van der Waals surface area contributed by atoms with Gasteiger partial charge in [0.15, 0.2) is 0 Å². The van der Waals surface area contributed by atoms with Gasteiger partial charge in [-0.05, 0) is 25.5 Å². The molecule has 2 aromatic rings. The van der Waals surface area contributed by atoms with E-state index >= 15 is 0 Å². The molecule has 0 aliphatic carbocycles. The van der Waals surface area contributed by atoms with E-state index in [9.17, 15) is 14.4 Å². The van der Waals surface area contributed by atoms with Crippen molar-refractivity contribution < 1.29 is 4.79 Å². The van der Waals surface area contributed by atoms with Crippen LogP contribution in [0.5, 0.6) is 0 Å². The lowest BCUT2D eigenvalue weighted by molar-refractivity contribution is -0.122. The number of fused-ring (bicyclic) bond motifs is 1. The van der Waals surface area contributed by atoms with Crippen molar-refractivity contribution in [1.82, 2.24) is 15.1 Å². The monoisotopic (exact) mass is 275 g/mol. The van der Waals surface area contributed by atoms with Crippen LogP contribution in [0.1, 0.15) is 20.3 Å². The normalized spacial score (nSPS) is 12.3. The Morgan fingerprint density at radius 3 is 2.60 bits per heavy atom. The zero-order valence-electron chi connectivity index (χ0n) is 11.5. The summed E-state index contributed by atoms with van der Waals surface area (Å²) in [7, 11) is 0. The molecule has 0 saturated heterocycles. The topological polar surface area (TPSA) is 84.0 Å². The maximum atomic E-state index is 12.2. The highest BCUT2D eigenvalue weighted by atomic mass is 16.2. The van der Waals surface area contributed by atoms with Crippen LogP contribution in [-0.4, -0.2) is 21.7 Å². The Morgan fingerprint density at radius 1 is 1.30 bits per heavy atom. The van der Waals surface area contributed by atoms with Crippen molar-refractivity contribution in [2.45, 2.75) is 32.9 Å². The largest absolute Gasteiger partial charge is 0.352 e. The Bertz CT molecular complexity index is 745. The predicted octanol–water partition coefficient (Wildman–Crippen LogP) is 0.604. The molecule has 1 aromatic carbocycles. The first kappa shape index (κ1) is 14.0. The number of hydrogen-bond acceptors (Lipinski definition) is 3. The van der Waals surface area contributed by atoms with Crippen molar-refractivity contribution in [3.8, 4) is 0 Å². The molecule has 6 heteroatoms. The molecule has 2 rings (SSSR count). The minimum absolute atomic E-state index is 0.0328. The van der Waals surface area contributed by atoms with Gasteiger partial charge in [0.2, 0.25) is 5.91 Å². The number of hydrogen-bond donors (Lipinski definition) is 2. The van der Waals surface area contributed by atoms with Crippen molar-refractivity contribution in [2.75, 3.05) is 0 Å². The second-order valence-electron chi connectivity index (χ2n) is 4.75. The van der Waals surface area contributed by atoms with Gasteiger partial charge < -0.3 is 5.32 Å². The number of carbonyl (C=O) groups is 1. The fraction of sp³-hybridized carbons (Fsp3) is 0.357. The number of nitrogens with one attached hydrogen (secondary N) is 2. The van der Waals surface area contributed by atoms with Crippen molar-refractivity contribution in [3.05, 3.63) is 45.0 Å². The molecule has 2 N–H and O–H groups in total. The summed E-state index contributed by atoms with van der Waals surface area (Å²) in [6, 6.07) is 6.57. The number of H-pyrrole nitrogens is 1. The number of aromatic nitrogens is 2. The Labute approximate surface area is 115 Å². The lowest BCUT2D eigenvalue weighted by Crippen LogP contribution is -2.39. The van der Waals surface area contributed by atoms with Crippen LogP contribution in [0.4, 0.5) is 0 Å². The van der Waals surface area contributed by atoms with Gasteiger partial charge in [0, 0.05) is 6.04 Å². The van der Waals surface area contributed by atoms with Gasteiger partial charge in [0.05, 0.1) is 10.8 Å². The number of rotatable bonds is 4. The van der Waals surface area contributed by atoms with E-state index in [0.29, 0.717) is 10.8 Å². The zero-order chi connectivity index (χ0) is 14.7. The quantitative estimate of drug-likeness (QED) is 0.857. The second-order valence-corrected chi connectivity index (χ2v) is 4.75. The fourth-order valence-corrected chi connectivity index (χ4v) is 1.92. The molecule has 0 fully saturated rings. The standard InChI is InChI=1S/C14H17N3O3/c1-3-9(2)15-12(18)8-17-14(20)11-7-5-4-6-10(11)13(19)16-17/h4-7,9H,3,8H2,1-2H3,(H,15,18)(H,16,19)/t9-/m1/s1. The highest BCUT2D eigenvalue weighted by molar-refractivity contribution is 5.81. The van der Waals surface area contributed by atoms with Gasteiger partial charge in [0.1, 0.15) is 6.54 Å². The van der Waals surface area contributed by atoms with Crippen LogP contribution >= 0.6 is 0 Å². The van der Waals surface area contributed by atoms with E-state index in [1.807, 2.05) is 13.8 Å². The molecule has 0 saturated carbocycles. The maximum absolute atomic E-state index is 12.2. The summed E-state index contributed by atoms with van der Waals surface area (Å²) in [5.74, 6) is -0.299. The third-order valence-electron chi connectivity index (χ3n) is 3.21. The third-order valence-corrected chi connectivity index (χ3v) is 3.21. The summed E-state index contributed by atoms with van der Waals surface area (Å²) in [6.07, 6.45) is 0.800. The van der Waals surface area contributed by atoms with E-state index in [1.165, 1.54) is 0 Å². The van der Waals surface area contributed by atoms with Crippen LogP contribution in [0.25, 0.3) is 10.8 Å². The smallest absolute Gasteiger partial charge is 0.273 e. The molecule has 1 atom stereocenters. The van der Waals surface area contributed by atoms with Crippen LogP contribution in [0.2, 0.25) is 0 Å². The van der Waals surface area contributed by atoms with Gasteiger partial charge in [-0.25, -0.2) is 4.68 Å². The van der Waals surface area contributed by atoms with Crippen LogP contribution in [0, 0.1) is 0 Å². The lowest BCUT2D eigenvalue weighted by Gasteiger charge is -2.12. The van der Waals surface area contributed by atoms with Crippen molar-refractivity contribution in [1.29, 1.82) is 0 Å². The Hall–Kier alpha value is -2.37. The number of nitrogens with zero attached hydrogens (tertiary/aromatic N) is 1. The highest BCUT2D eigenvalue weighted by Gasteiger charge is 2.11. The molecular formula is C14H17N3O3. The van der Waals surface area contributed by atoms with Crippen LogP contribution in [-0.2, 0) is 11.3 Å². The van der Waals surface area contributed by atoms with Gasteiger partial charge in [-0.2, -0.15) is 0 Å². The van der Waals surface area contributed by atoms with Gasteiger partial charge >= 0.3 is 0 Å². The first-order chi connectivity index (χ1) is 9.52. The second kappa shape index (κ2) is 5.73. The SMILES string of the molecule is CC[C@@H](C)NC(=O)Cn1[nH]c(=O)c2ccccc2c1=O. The van der Waals surface area contributed by atoms with Crippen LogP contribution < -0.4 is 16.4 Å². The van der Waals surface area contributed by atoms with E-state index < -0.39 is 0 Å². The van der Waals surface area contributed by atoms with Crippen LogP contribution in [0.15, 0.2) is 33.9 Å². The maximum Gasteiger partial charge on any atom is 0.273 e. The molecule has 0 aliphatic heterocycles. The van der Waals surface area contributed by atoms with Gasteiger partial charge in [-0.15, -0.1) is 0 Å². The highest BCUT2D eigenvalue weighted by Crippen LogP contribution is 2.02. The third kappa shape index (κ3) is 2.79. The lowest BCUT2D eigenvalue weighted by atomic mass is 10.2. The minimum atomic E-state index is -0.378. The molecule has 6 nitrogen and oxygen atoms in total. The summed E-state index contributed by atoms with van der Waals surface area (Å²) >= 11 is 0. The molecular weight excluding hydrogens is 258 g/mol. The summed E-state index contributed by atoms with van der Waals surface area (Å²) < 4.78 is 1.04. The van der Waals surface area contributed by atoms with Crippen molar-refractivity contribution in [3.63, 3.8) is 0 Å². The summed E-state index contributed by atoms with van der Waals surface area (Å²) in [4.78, 5) is 35.8. The average Bonchev–Trinajstić information content (AvgIpc) is 2.44. The molecule has 0 aliphatic rings. The van der Waals surface area contributed by atoms with Gasteiger partial charge in [0.25, 0.3) is 11.1 Å². The van der Waals surface area contributed by atoms with Gasteiger partial charge in [-0.3, -0.25) is 19.5 Å². The first-order valence-electron chi connectivity index (χ1n) is 6.54. The number of amides is 1. The van der Waals surface area contributed by atoms with E-state index in [1.54, 1.807) is 24.3 Å². The summed E-state index contributed by atoms with van der Waals surface area (Å²) in [5, 5.41) is 5.82. The molecule has 1 aromatic heterocycles. The Kier molecular flexibility index (Phi) is 4.02. The van der Waals surface area contributed by atoms with Crippen LogP contribution in [0.3, 0.4) is 0 Å². The molecule has 0 spiro atoms. The average molecular weight is 275 g/mol. The van der Waals surface area contributed by atoms with E-state index in [4.69, 9.17) is 0 Å². The molecule has 0 radical (unpaired) electrons. The first-order valence-corrected chi connectivity index (χ1v) is 6.54. The summed E-state index contributed by atoms with van der Waals surface area (Å²) in [6.45, 7) is 3.64. The Morgan fingerprint density at radius 2 is 1.95 bits per heavy atom. The molecule has 1 amide bonds. The Balaban J connectivity index is 2.37. The summed E-state index contributed by atoms with van der Waals surface area (Å²) in [5.41, 5.74) is -0.754. The van der Waals surface area contributed by atoms with E-state index in [2.05, 4.69) is 10.4 Å². The predicted molar refractivity (Wildman–Crippen MR) is 76.7 cm³/mol. The van der Waals surface area contributed by atoms with Crippen molar-refractivity contribution in [2.24, 2.45) is 0 Å². The molecule has 106 valence electrons. The van der Waals surface area contributed by atoms with E-state index in [0.717, 1.165) is 11.1 Å². The number of aromatic amines is 1. The number of benzene rings is 1. The van der Waals surface area contributed by atoms with Crippen molar-refractivity contribution >= 4 is 16.7 Å². The molecule has 1 heterocycles.